The van der Waals surface area contributed by atoms with Crippen LogP contribution in [0.5, 0.6) is 5.75 Å². The van der Waals surface area contributed by atoms with Crippen molar-refractivity contribution in [2.45, 2.75) is 38.8 Å². The molecule has 0 saturated carbocycles. The number of hydrogen-bond donors (Lipinski definition) is 1. The average molecular weight is 250 g/mol. The molecule has 1 atom stereocenters. The molecule has 0 spiro atoms. The Kier molecular flexibility index (Phi) is 5.11. The first-order chi connectivity index (χ1) is 8.45. The Bertz CT molecular complexity index is 411. The van der Waals surface area contributed by atoms with Crippen LogP contribution < -0.4 is 10.1 Å². The number of nitrogens with zero attached hydrogens (tertiary/aromatic N) is 1. The van der Waals surface area contributed by atoms with E-state index < -0.39 is 5.54 Å². The third-order valence-corrected chi connectivity index (χ3v) is 2.54. The van der Waals surface area contributed by atoms with Crippen molar-refractivity contribution in [1.29, 1.82) is 5.26 Å². The standard InChI is InChI=1S/C14H19FN2O/c1-11(2)17-14(3,10-16)8-9-18-13-6-4-12(15)5-7-13/h4-7,11,17H,8-9H2,1-3H3. The maximum Gasteiger partial charge on any atom is 0.123 e. The molecule has 1 aromatic rings. The predicted molar refractivity (Wildman–Crippen MR) is 68.8 cm³/mol. The maximum atomic E-state index is 12.7. The van der Waals surface area contributed by atoms with Crippen LogP contribution in [0, 0.1) is 17.1 Å². The molecule has 0 aliphatic rings. The maximum absolute atomic E-state index is 12.7. The Hall–Kier alpha value is -1.60. The molecule has 1 N–H and O–H groups in total. The molecule has 18 heavy (non-hydrogen) atoms. The lowest BCUT2D eigenvalue weighted by Gasteiger charge is -2.25. The zero-order valence-electron chi connectivity index (χ0n) is 11.0. The first-order valence-corrected chi connectivity index (χ1v) is 6.02. The summed E-state index contributed by atoms with van der Waals surface area (Å²) in [5.41, 5.74) is -0.603. The lowest BCUT2D eigenvalue weighted by Crippen LogP contribution is -2.45. The van der Waals surface area contributed by atoms with Gasteiger partial charge in [-0.1, -0.05) is 0 Å². The molecule has 0 aliphatic heterocycles. The lowest BCUT2D eigenvalue weighted by atomic mass is 9.99. The number of nitrogens with one attached hydrogen (secondary N) is 1. The Balaban J connectivity index is 2.45. The topological polar surface area (TPSA) is 45.0 Å². The van der Waals surface area contributed by atoms with Crippen molar-refractivity contribution in [2.75, 3.05) is 6.61 Å². The molecule has 1 aromatic carbocycles. The Morgan fingerprint density at radius 1 is 1.39 bits per heavy atom. The second-order valence-corrected chi connectivity index (χ2v) is 4.80. The number of halogens is 1. The van der Waals surface area contributed by atoms with Crippen LogP contribution >= 0.6 is 0 Å². The summed E-state index contributed by atoms with van der Waals surface area (Å²) in [6.45, 7) is 6.25. The number of ether oxygens (including phenoxy) is 1. The number of rotatable bonds is 6. The first-order valence-electron chi connectivity index (χ1n) is 6.02. The molecule has 0 bridgehead atoms. The van der Waals surface area contributed by atoms with Gasteiger partial charge in [-0.25, -0.2) is 4.39 Å². The van der Waals surface area contributed by atoms with Crippen LogP contribution in [0.4, 0.5) is 4.39 Å². The largest absolute Gasteiger partial charge is 0.493 e. The molecule has 4 heteroatoms. The van der Waals surface area contributed by atoms with Gasteiger partial charge in [-0.15, -0.1) is 0 Å². The normalized spacial score (nSPS) is 14.0. The molecule has 3 nitrogen and oxygen atoms in total. The minimum Gasteiger partial charge on any atom is -0.493 e. The Morgan fingerprint density at radius 2 is 2.00 bits per heavy atom. The van der Waals surface area contributed by atoms with Gasteiger partial charge in [-0.2, -0.15) is 5.26 Å². The van der Waals surface area contributed by atoms with Gasteiger partial charge >= 0.3 is 0 Å². The monoisotopic (exact) mass is 250 g/mol. The van der Waals surface area contributed by atoms with E-state index in [1.165, 1.54) is 12.1 Å². The second kappa shape index (κ2) is 6.36. The van der Waals surface area contributed by atoms with E-state index in [2.05, 4.69) is 11.4 Å². The van der Waals surface area contributed by atoms with Crippen molar-refractivity contribution in [1.82, 2.24) is 5.32 Å². The van der Waals surface area contributed by atoms with Crippen LogP contribution in [-0.4, -0.2) is 18.2 Å². The van der Waals surface area contributed by atoms with E-state index in [-0.39, 0.29) is 11.9 Å². The highest BCUT2D eigenvalue weighted by molar-refractivity contribution is 5.22. The fourth-order valence-corrected chi connectivity index (χ4v) is 1.70. The fourth-order valence-electron chi connectivity index (χ4n) is 1.70. The summed E-state index contributed by atoms with van der Waals surface area (Å²) in [7, 11) is 0. The van der Waals surface area contributed by atoms with Gasteiger partial charge in [-0.3, -0.25) is 5.32 Å². The van der Waals surface area contributed by atoms with Crippen LogP contribution in [0.1, 0.15) is 27.2 Å². The molecule has 0 fully saturated rings. The van der Waals surface area contributed by atoms with Gasteiger partial charge in [0.15, 0.2) is 0 Å². The minimum atomic E-state index is -0.603. The van der Waals surface area contributed by atoms with Crippen LogP contribution in [0.25, 0.3) is 0 Å². The van der Waals surface area contributed by atoms with Crippen LogP contribution in [0.3, 0.4) is 0 Å². The van der Waals surface area contributed by atoms with E-state index in [0.29, 0.717) is 18.8 Å². The van der Waals surface area contributed by atoms with Crippen LogP contribution in [0.2, 0.25) is 0 Å². The summed E-state index contributed by atoms with van der Waals surface area (Å²) >= 11 is 0. The molecular weight excluding hydrogens is 231 g/mol. The molecular formula is C14H19FN2O. The van der Waals surface area contributed by atoms with Crippen molar-refractivity contribution in [2.24, 2.45) is 0 Å². The molecule has 0 saturated heterocycles. The molecule has 1 rings (SSSR count). The smallest absolute Gasteiger partial charge is 0.123 e. The van der Waals surface area contributed by atoms with Crippen molar-refractivity contribution < 1.29 is 9.13 Å². The van der Waals surface area contributed by atoms with Crippen molar-refractivity contribution in [3.63, 3.8) is 0 Å². The summed E-state index contributed by atoms with van der Waals surface area (Å²) in [4.78, 5) is 0. The molecule has 98 valence electrons. The fraction of sp³-hybridized carbons (Fsp3) is 0.500. The van der Waals surface area contributed by atoms with Crippen molar-refractivity contribution in [3.05, 3.63) is 30.1 Å². The summed E-state index contributed by atoms with van der Waals surface area (Å²) in [5.74, 6) is 0.326. The SMILES string of the molecule is CC(C)NC(C)(C#N)CCOc1ccc(F)cc1. The Morgan fingerprint density at radius 3 is 2.50 bits per heavy atom. The third kappa shape index (κ3) is 4.72. The number of hydrogen-bond acceptors (Lipinski definition) is 3. The van der Waals surface area contributed by atoms with E-state index >= 15 is 0 Å². The summed E-state index contributed by atoms with van der Waals surface area (Å²) < 4.78 is 18.2. The average Bonchev–Trinajstić information content (AvgIpc) is 2.31. The molecule has 0 aliphatic carbocycles. The molecule has 0 heterocycles. The highest BCUT2D eigenvalue weighted by Crippen LogP contribution is 2.14. The highest BCUT2D eigenvalue weighted by atomic mass is 19.1. The number of benzene rings is 1. The molecule has 0 amide bonds. The quantitative estimate of drug-likeness (QED) is 0.844. The van der Waals surface area contributed by atoms with E-state index in [0.717, 1.165) is 0 Å². The van der Waals surface area contributed by atoms with Gasteiger partial charge in [0.05, 0.1) is 12.7 Å². The van der Waals surface area contributed by atoms with E-state index in [4.69, 9.17) is 10.00 Å². The van der Waals surface area contributed by atoms with Gasteiger partial charge in [0.1, 0.15) is 17.1 Å². The van der Waals surface area contributed by atoms with Crippen molar-refractivity contribution in [3.8, 4) is 11.8 Å². The number of nitriles is 1. The lowest BCUT2D eigenvalue weighted by molar-refractivity contribution is 0.260. The molecule has 1 unspecified atom stereocenters. The van der Waals surface area contributed by atoms with E-state index in [1.807, 2.05) is 20.8 Å². The summed E-state index contributed by atoms with van der Waals surface area (Å²) in [5, 5.41) is 12.4. The van der Waals surface area contributed by atoms with Gasteiger partial charge in [0.25, 0.3) is 0 Å². The van der Waals surface area contributed by atoms with Crippen molar-refractivity contribution >= 4 is 0 Å². The predicted octanol–water partition coefficient (Wildman–Crippen LogP) is 2.87. The first kappa shape index (κ1) is 14.5. The zero-order chi connectivity index (χ0) is 13.6. The molecule has 0 radical (unpaired) electrons. The summed E-state index contributed by atoms with van der Waals surface area (Å²) in [6, 6.07) is 8.35. The second-order valence-electron chi connectivity index (χ2n) is 4.80. The van der Waals surface area contributed by atoms with Gasteiger partial charge in [0.2, 0.25) is 0 Å². The van der Waals surface area contributed by atoms with Crippen LogP contribution in [-0.2, 0) is 0 Å². The van der Waals surface area contributed by atoms with E-state index in [9.17, 15) is 4.39 Å². The van der Waals surface area contributed by atoms with Gasteiger partial charge < -0.3 is 4.74 Å². The van der Waals surface area contributed by atoms with Gasteiger partial charge in [0, 0.05) is 12.5 Å². The molecule has 0 aromatic heterocycles. The van der Waals surface area contributed by atoms with Gasteiger partial charge in [-0.05, 0) is 45.0 Å². The Labute approximate surface area is 108 Å². The highest BCUT2D eigenvalue weighted by Gasteiger charge is 2.24. The van der Waals surface area contributed by atoms with Crippen LogP contribution in [0.15, 0.2) is 24.3 Å². The zero-order valence-corrected chi connectivity index (χ0v) is 11.0. The van der Waals surface area contributed by atoms with E-state index in [1.54, 1.807) is 12.1 Å². The third-order valence-electron chi connectivity index (χ3n) is 2.54. The minimum absolute atomic E-state index is 0.237. The summed E-state index contributed by atoms with van der Waals surface area (Å²) in [6.07, 6.45) is 0.569.